The molecule has 1 unspecified atom stereocenters. The molecule has 194 valence electrons. The smallest absolute Gasteiger partial charge is 0.366 e. The zero-order valence-electron chi connectivity index (χ0n) is 19.3. The van der Waals surface area contributed by atoms with E-state index < -0.39 is 33.4 Å². The van der Waals surface area contributed by atoms with Crippen molar-refractivity contribution in [3.8, 4) is 11.8 Å². The Morgan fingerprint density at radius 1 is 0.919 bits per heavy atom. The molecule has 10 heteroatoms. The van der Waals surface area contributed by atoms with E-state index in [2.05, 4.69) is 5.92 Å². The molecule has 0 radical (unpaired) electrons. The van der Waals surface area contributed by atoms with Crippen LogP contribution in [0.4, 0.5) is 18.9 Å². The SMILES string of the molecule is O=S(=O)(c1cc(Cl)ccc1Cl)N(c1ccc(C(O)(C#Cc2ccccc2)C(F)(F)F)cc1)C1CCCC1. The first-order chi connectivity index (χ1) is 17.4. The van der Waals surface area contributed by atoms with Gasteiger partial charge in [0.15, 0.2) is 0 Å². The largest absolute Gasteiger partial charge is 0.433 e. The molecule has 1 N–H and O–H groups in total. The molecule has 0 amide bonds. The molecule has 0 spiro atoms. The normalized spacial score (nSPS) is 16.1. The Labute approximate surface area is 223 Å². The number of rotatable bonds is 5. The Morgan fingerprint density at radius 3 is 2.14 bits per heavy atom. The van der Waals surface area contributed by atoms with Gasteiger partial charge in [-0.2, -0.15) is 13.2 Å². The van der Waals surface area contributed by atoms with Crippen molar-refractivity contribution in [2.24, 2.45) is 0 Å². The van der Waals surface area contributed by atoms with Crippen LogP contribution in [-0.2, 0) is 15.6 Å². The topological polar surface area (TPSA) is 57.6 Å². The standard InChI is InChI=1S/C27H22Cl2F3NO3S/c28-21-12-15-24(29)25(18-21)37(35,36)33(22-8-4-5-9-22)23-13-10-20(11-14-23)26(34,27(30,31)32)17-16-19-6-2-1-3-7-19/h1-3,6-7,10-15,18,22,34H,4-5,8-9H2. The number of halogens is 5. The van der Waals surface area contributed by atoms with Gasteiger partial charge in [-0.3, -0.25) is 4.31 Å². The fourth-order valence-corrected chi connectivity index (χ4v) is 6.76. The number of alkyl halides is 3. The molecule has 3 aromatic carbocycles. The molecule has 0 heterocycles. The lowest BCUT2D eigenvalue weighted by Gasteiger charge is -2.31. The zero-order valence-corrected chi connectivity index (χ0v) is 21.7. The molecule has 0 bridgehead atoms. The Morgan fingerprint density at radius 2 is 1.54 bits per heavy atom. The first kappa shape index (κ1) is 27.3. The summed E-state index contributed by atoms with van der Waals surface area (Å²) < 4.78 is 70.6. The van der Waals surface area contributed by atoms with Crippen LogP contribution in [0.5, 0.6) is 0 Å². The number of aliphatic hydroxyl groups is 1. The second kappa shape index (κ2) is 10.6. The molecule has 1 aliphatic carbocycles. The third kappa shape index (κ3) is 5.60. The molecule has 4 nitrogen and oxygen atoms in total. The Kier molecular flexibility index (Phi) is 7.82. The summed E-state index contributed by atoms with van der Waals surface area (Å²) >= 11 is 12.2. The van der Waals surface area contributed by atoms with Gasteiger partial charge < -0.3 is 5.11 Å². The van der Waals surface area contributed by atoms with Crippen molar-refractivity contribution in [2.45, 2.75) is 48.4 Å². The van der Waals surface area contributed by atoms with Crippen LogP contribution in [0.1, 0.15) is 36.8 Å². The summed E-state index contributed by atoms with van der Waals surface area (Å²) in [6.07, 6.45) is -2.34. The molecule has 3 aromatic rings. The lowest BCUT2D eigenvalue weighted by Crippen LogP contribution is -2.41. The molecule has 1 saturated carbocycles. The number of anilines is 1. The third-order valence-corrected chi connectivity index (χ3v) is 8.79. The van der Waals surface area contributed by atoms with E-state index in [9.17, 15) is 26.7 Å². The van der Waals surface area contributed by atoms with Crippen molar-refractivity contribution in [3.63, 3.8) is 0 Å². The van der Waals surface area contributed by atoms with E-state index in [1.807, 2.05) is 5.92 Å². The lowest BCUT2D eigenvalue weighted by molar-refractivity contribution is -0.240. The summed E-state index contributed by atoms with van der Waals surface area (Å²) in [6, 6.07) is 16.2. The average Bonchev–Trinajstić information content (AvgIpc) is 3.38. The monoisotopic (exact) mass is 567 g/mol. The van der Waals surface area contributed by atoms with Gasteiger partial charge in [-0.1, -0.05) is 72.3 Å². The Bertz CT molecular complexity index is 1430. The van der Waals surface area contributed by atoms with Crippen molar-refractivity contribution in [1.82, 2.24) is 0 Å². The molecule has 37 heavy (non-hydrogen) atoms. The summed E-state index contributed by atoms with van der Waals surface area (Å²) in [5.74, 6) is 4.34. The molecule has 0 aromatic heterocycles. The fourth-order valence-electron chi connectivity index (χ4n) is 4.31. The Balaban J connectivity index is 1.78. The van der Waals surface area contributed by atoms with Gasteiger partial charge >= 0.3 is 6.18 Å². The van der Waals surface area contributed by atoms with Crippen LogP contribution in [0, 0.1) is 11.8 Å². The number of sulfonamides is 1. The van der Waals surface area contributed by atoms with Crippen molar-refractivity contribution >= 4 is 38.9 Å². The molecule has 1 fully saturated rings. The molecule has 4 rings (SSSR count). The number of benzene rings is 3. The van der Waals surface area contributed by atoms with Crippen LogP contribution in [0.15, 0.2) is 77.7 Å². The van der Waals surface area contributed by atoms with E-state index in [0.717, 1.165) is 25.0 Å². The van der Waals surface area contributed by atoms with E-state index >= 15 is 0 Å². The molecular formula is C27H22Cl2F3NO3S. The van der Waals surface area contributed by atoms with Gasteiger partial charge in [0.25, 0.3) is 10.0 Å². The van der Waals surface area contributed by atoms with Gasteiger partial charge in [0.2, 0.25) is 5.60 Å². The van der Waals surface area contributed by atoms with E-state index in [1.165, 1.54) is 46.8 Å². The number of hydrogen-bond acceptors (Lipinski definition) is 3. The highest BCUT2D eigenvalue weighted by molar-refractivity contribution is 7.93. The van der Waals surface area contributed by atoms with E-state index in [0.29, 0.717) is 18.4 Å². The minimum absolute atomic E-state index is 0.0216. The number of nitrogens with zero attached hydrogens (tertiary/aromatic N) is 1. The molecule has 1 aliphatic rings. The highest BCUT2D eigenvalue weighted by Gasteiger charge is 2.54. The molecule has 0 saturated heterocycles. The summed E-state index contributed by atoms with van der Waals surface area (Å²) in [5.41, 5.74) is -3.54. The second-order valence-electron chi connectivity index (χ2n) is 8.68. The van der Waals surface area contributed by atoms with E-state index in [4.69, 9.17) is 23.2 Å². The quantitative estimate of drug-likeness (QED) is 0.340. The minimum Gasteiger partial charge on any atom is -0.366 e. The molecular weight excluding hydrogens is 546 g/mol. The van der Waals surface area contributed by atoms with Crippen LogP contribution in [0.2, 0.25) is 10.0 Å². The highest BCUT2D eigenvalue weighted by Crippen LogP contribution is 2.41. The van der Waals surface area contributed by atoms with Gasteiger partial charge in [-0.05, 0) is 61.2 Å². The van der Waals surface area contributed by atoms with Crippen LogP contribution in [0.3, 0.4) is 0 Å². The van der Waals surface area contributed by atoms with Gasteiger partial charge in [0.1, 0.15) is 4.90 Å². The van der Waals surface area contributed by atoms with Crippen LogP contribution < -0.4 is 4.31 Å². The van der Waals surface area contributed by atoms with Crippen LogP contribution in [-0.4, -0.2) is 25.7 Å². The summed E-state index contributed by atoms with van der Waals surface area (Å²) in [5, 5.41) is 10.8. The van der Waals surface area contributed by atoms with Crippen molar-refractivity contribution in [1.29, 1.82) is 0 Å². The van der Waals surface area contributed by atoms with E-state index in [1.54, 1.807) is 18.2 Å². The maximum atomic E-state index is 14.0. The Hall–Kier alpha value is -2.70. The molecule has 1 atom stereocenters. The lowest BCUT2D eigenvalue weighted by atomic mass is 9.93. The van der Waals surface area contributed by atoms with Crippen molar-refractivity contribution < 1.29 is 26.7 Å². The van der Waals surface area contributed by atoms with E-state index in [-0.39, 0.29) is 20.6 Å². The average molecular weight is 568 g/mol. The predicted octanol–water partition coefficient (Wildman–Crippen LogP) is 6.93. The molecule has 0 aliphatic heterocycles. The maximum Gasteiger partial charge on any atom is 0.433 e. The van der Waals surface area contributed by atoms with Gasteiger partial charge in [-0.25, -0.2) is 8.42 Å². The third-order valence-electron chi connectivity index (χ3n) is 6.20. The minimum atomic E-state index is -5.11. The first-order valence-electron chi connectivity index (χ1n) is 11.4. The predicted molar refractivity (Wildman–Crippen MR) is 138 cm³/mol. The highest BCUT2D eigenvalue weighted by atomic mass is 35.5. The fraction of sp³-hybridized carbons (Fsp3) is 0.259. The van der Waals surface area contributed by atoms with Gasteiger partial charge in [0.05, 0.1) is 10.7 Å². The first-order valence-corrected chi connectivity index (χ1v) is 13.6. The summed E-state index contributed by atoms with van der Waals surface area (Å²) in [6.45, 7) is 0. The van der Waals surface area contributed by atoms with Crippen LogP contribution in [0.25, 0.3) is 0 Å². The van der Waals surface area contributed by atoms with Gasteiger partial charge in [0, 0.05) is 22.2 Å². The van der Waals surface area contributed by atoms with Crippen molar-refractivity contribution in [3.05, 3.63) is 94.0 Å². The summed E-state index contributed by atoms with van der Waals surface area (Å²) in [4.78, 5) is -0.196. The van der Waals surface area contributed by atoms with Crippen LogP contribution >= 0.6 is 23.2 Å². The second-order valence-corrected chi connectivity index (χ2v) is 11.3. The van der Waals surface area contributed by atoms with Gasteiger partial charge in [-0.15, -0.1) is 0 Å². The number of hydrogen-bond donors (Lipinski definition) is 1. The zero-order chi connectivity index (χ0) is 26.8. The summed E-state index contributed by atoms with van der Waals surface area (Å²) in [7, 11) is -4.21. The van der Waals surface area contributed by atoms with Crippen molar-refractivity contribution in [2.75, 3.05) is 4.31 Å². The maximum absolute atomic E-state index is 14.0.